The largest absolute Gasteiger partial charge is 0.491 e. The van der Waals surface area contributed by atoms with E-state index in [1.807, 2.05) is 31.2 Å². The normalized spacial score (nSPS) is 11.8. The van der Waals surface area contributed by atoms with Gasteiger partial charge < -0.3 is 10.1 Å². The number of anilines is 2. The fourth-order valence-corrected chi connectivity index (χ4v) is 1.86. The van der Waals surface area contributed by atoms with Gasteiger partial charge in [0.2, 0.25) is 0 Å². The molecule has 0 fully saturated rings. The van der Waals surface area contributed by atoms with E-state index in [2.05, 4.69) is 22.2 Å². The number of aromatic nitrogens is 2. The summed E-state index contributed by atoms with van der Waals surface area (Å²) in [5.41, 5.74) is 0.987. The number of nitrogens with zero attached hydrogens (tertiary/aromatic N) is 2. The van der Waals surface area contributed by atoms with Crippen molar-refractivity contribution in [3.05, 3.63) is 41.3 Å². The van der Waals surface area contributed by atoms with E-state index in [4.69, 9.17) is 16.3 Å². The first kappa shape index (κ1) is 15.3. The van der Waals surface area contributed by atoms with Crippen molar-refractivity contribution in [2.24, 2.45) is 0 Å². The first-order valence-corrected chi connectivity index (χ1v) is 7.01. The molecule has 0 aliphatic carbocycles. The Kier molecular flexibility index (Phi) is 5.11. The number of carbonyl (C=O) groups excluding carboxylic acids is 1. The van der Waals surface area contributed by atoms with E-state index in [9.17, 15) is 4.79 Å². The lowest BCUT2D eigenvalue weighted by Gasteiger charge is -2.14. The number of halogens is 1. The SMILES string of the molecule is CCC(C)Oc1cccc(Nc2ncnc(Cl)c2C=O)c1. The summed E-state index contributed by atoms with van der Waals surface area (Å²) in [7, 11) is 0. The van der Waals surface area contributed by atoms with E-state index in [1.165, 1.54) is 6.33 Å². The summed E-state index contributed by atoms with van der Waals surface area (Å²) < 4.78 is 5.75. The molecule has 2 aromatic rings. The fraction of sp³-hybridized carbons (Fsp3) is 0.267. The summed E-state index contributed by atoms with van der Waals surface area (Å²) >= 11 is 5.87. The molecule has 1 atom stereocenters. The lowest BCUT2D eigenvalue weighted by Crippen LogP contribution is -2.09. The molecule has 1 aromatic heterocycles. The molecule has 0 aliphatic rings. The Morgan fingerprint density at radius 3 is 2.95 bits per heavy atom. The van der Waals surface area contributed by atoms with Crippen LogP contribution in [0.2, 0.25) is 5.15 Å². The number of hydrogen-bond acceptors (Lipinski definition) is 5. The second kappa shape index (κ2) is 7.04. The van der Waals surface area contributed by atoms with Crippen molar-refractivity contribution in [2.45, 2.75) is 26.4 Å². The molecule has 21 heavy (non-hydrogen) atoms. The molecular weight excluding hydrogens is 290 g/mol. The molecule has 110 valence electrons. The average Bonchev–Trinajstić information content (AvgIpc) is 2.48. The number of aldehydes is 1. The Bertz CT molecular complexity index is 634. The van der Waals surface area contributed by atoms with Gasteiger partial charge in [-0.05, 0) is 25.5 Å². The summed E-state index contributed by atoms with van der Waals surface area (Å²) in [4.78, 5) is 18.9. The lowest BCUT2D eigenvalue weighted by atomic mass is 10.2. The number of ether oxygens (including phenoxy) is 1. The van der Waals surface area contributed by atoms with Gasteiger partial charge in [0.05, 0.1) is 11.7 Å². The zero-order valence-electron chi connectivity index (χ0n) is 11.8. The van der Waals surface area contributed by atoms with E-state index in [0.29, 0.717) is 12.1 Å². The van der Waals surface area contributed by atoms with Crippen LogP contribution in [0.1, 0.15) is 30.6 Å². The van der Waals surface area contributed by atoms with Crippen molar-refractivity contribution < 1.29 is 9.53 Å². The number of benzene rings is 1. The summed E-state index contributed by atoms with van der Waals surface area (Å²) in [5, 5.41) is 3.17. The maximum atomic E-state index is 11.1. The Balaban J connectivity index is 2.22. The quantitative estimate of drug-likeness (QED) is 0.648. The van der Waals surface area contributed by atoms with Gasteiger partial charge >= 0.3 is 0 Å². The van der Waals surface area contributed by atoms with Crippen molar-refractivity contribution in [1.29, 1.82) is 0 Å². The molecule has 1 N–H and O–H groups in total. The van der Waals surface area contributed by atoms with Crippen molar-refractivity contribution in [1.82, 2.24) is 9.97 Å². The maximum Gasteiger partial charge on any atom is 0.156 e. The molecule has 0 saturated heterocycles. The van der Waals surface area contributed by atoms with Crippen LogP contribution in [0.4, 0.5) is 11.5 Å². The van der Waals surface area contributed by atoms with E-state index in [1.54, 1.807) is 0 Å². The van der Waals surface area contributed by atoms with Crippen LogP contribution in [0.3, 0.4) is 0 Å². The minimum Gasteiger partial charge on any atom is -0.491 e. The molecule has 6 heteroatoms. The third-order valence-electron chi connectivity index (χ3n) is 2.96. The minimum absolute atomic E-state index is 0.120. The first-order valence-electron chi connectivity index (χ1n) is 6.63. The average molecular weight is 306 g/mol. The Hall–Kier alpha value is -2.14. The van der Waals surface area contributed by atoms with E-state index < -0.39 is 0 Å². The molecule has 0 bridgehead atoms. The third kappa shape index (κ3) is 3.92. The zero-order chi connectivity index (χ0) is 15.2. The van der Waals surface area contributed by atoms with Crippen LogP contribution in [0.5, 0.6) is 5.75 Å². The standard InChI is InChI=1S/C15H16ClN3O2/c1-3-10(2)21-12-6-4-5-11(7-12)19-15-13(8-20)14(16)17-9-18-15/h4-10H,3H2,1-2H3,(H,17,18,19). The number of hydrogen-bond donors (Lipinski definition) is 1. The highest BCUT2D eigenvalue weighted by molar-refractivity contribution is 6.32. The highest BCUT2D eigenvalue weighted by Crippen LogP contribution is 2.24. The Morgan fingerprint density at radius 1 is 1.43 bits per heavy atom. The second-order valence-electron chi connectivity index (χ2n) is 4.53. The van der Waals surface area contributed by atoms with Crippen LogP contribution in [0.15, 0.2) is 30.6 Å². The van der Waals surface area contributed by atoms with E-state index in [-0.39, 0.29) is 16.8 Å². The molecule has 0 aliphatic heterocycles. The molecule has 1 unspecified atom stereocenters. The summed E-state index contributed by atoms with van der Waals surface area (Å²) in [6, 6.07) is 7.44. The van der Waals surface area contributed by atoms with Gasteiger partial charge in [0.15, 0.2) is 6.29 Å². The molecule has 0 radical (unpaired) electrons. The van der Waals surface area contributed by atoms with Gasteiger partial charge in [-0.3, -0.25) is 4.79 Å². The fourth-order valence-electron chi connectivity index (χ4n) is 1.68. The van der Waals surface area contributed by atoms with Crippen LogP contribution >= 0.6 is 11.6 Å². The van der Waals surface area contributed by atoms with Gasteiger partial charge in [-0.15, -0.1) is 0 Å². The van der Waals surface area contributed by atoms with Crippen LogP contribution in [-0.4, -0.2) is 22.4 Å². The molecular formula is C15H16ClN3O2. The van der Waals surface area contributed by atoms with Crippen molar-refractivity contribution in [3.8, 4) is 5.75 Å². The first-order chi connectivity index (χ1) is 10.1. The Morgan fingerprint density at radius 2 is 2.24 bits per heavy atom. The molecule has 0 amide bonds. The number of rotatable bonds is 6. The van der Waals surface area contributed by atoms with Gasteiger partial charge in [-0.2, -0.15) is 0 Å². The summed E-state index contributed by atoms with van der Waals surface area (Å²) in [5.74, 6) is 1.12. The van der Waals surface area contributed by atoms with Crippen LogP contribution in [0.25, 0.3) is 0 Å². The molecule has 1 aromatic carbocycles. The number of nitrogens with one attached hydrogen (secondary N) is 1. The molecule has 1 heterocycles. The lowest BCUT2D eigenvalue weighted by molar-refractivity contribution is 0.112. The molecule has 2 rings (SSSR count). The summed E-state index contributed by atoms with van der Waals surface area (Å²) in [6.45, 7) is 4.07. The minimum atomic E-state index is 0.120. The van der Waals surface area contributed by atoms with E-state index >= 15 is 0 Å². The van der Waals surface area contributed by atoms with Crippen molar-refractivity contribution >= 4 is 29.4 Å². The molecule has 0 spiro atoms. The number of carbonyl (C=O) groups is 1. The van der Waals surface area contributed by atoms with Crippen LogP contribution in [-0.2, 0) is 0 Å². The van der Waals surface area contributed by atoms with Gasteiger partial charge in [-0.25, -0.2) is 9.97 Å². The van der Waals surface area contributed by atoms with Crippen molar-refractivity contribution in [2.75, 3.05) is 5.32 Å². The monoisotopic (exact) mass is 305 g/mol. The molecule has 0 saturated carbocycles. The van der Waals surface area contributed by atoms with Gasteiger partial charge in [0, 0.05) is 11.8 Å². The smallest absolute Gasteiger partial charge is 0.156 e. The molecule has 5 nitrogen and oxygen atoms in total. The van der Waals surface area contributed by atoms with Crippen LogP contribution in [0, 0.1) is 0 Å². The second-order valence-corrected chi connectivity index (χ2v) is 4.89. The van der Waals surface area contributed by atoms with Gasteiger partial charge in [-0.1, -0.05) is 24.6 Å². The van der Waals surface area contributed by atoms with E-state index in [0.717, 1.165) is 17.9 Å². The Labute approximate surface area is 128 Å². The third-order valence-corrected chi connectivity index (χ3v) is 3.26. The topological polar surface area (TPSA) is 64.1 Å². The van der Waals surface area contributed by atoms with Crippen molar-refractivity contribution in [3.63, 3.8) is 0 Å². The highest BCUT2D eigenvalue weighted by Gasteiger charge is 2.09. The van der Waals surface area contributed by atoms with Gasteiger partial charge in [0.1, 0.15) is 23.0 Å². The zero-order valence-corrected chi connectivity index (χ0v) is 12.6. The predicted molar refractivity (Wildman–Crippen MR) is 82.5 cm³/mol. The highest BCUT2D eigenvalue weighted by atomic mass is 35.5. The van der Waals surface area contributed by atoms with Crippen LogP contribution < -0.4 is 10.1 Å². The summed E-state index contributed by atoms with van der Waals surface area (Å²) in [6.07, 6.45) is 3.00. The van der Waals surface area contributed by atoms with Gasteiger partial charge in [0.25, 0.3) is 0 Å². The predicted octanol–water partition coefficient (Wildman–Crippen LogP) is 3.86. The maximum absolute atomic E-state index is 11.1.